The number of hydrogen-bond acceptors (Lipinski definition) is 5. The largest absolute Gasteiger partial charge is 0.374 e. The van der Waals surface area contributed by atoms with Crippen molar-refractivity contribution in [1.29, 1.82) is 0 Å². The van der Waals surface area contributed by atoms with Crippen LogP contribution in [0.1, 0.15) is 12.6 Å². The number of nitrogens with zero attached hydrogens (tertiary/aromatic N) is 2. The molecule has 112 valence electrons. The molecule has 2 unspecified atom stereocenters. The third-order valence-corrected chi connectivity index (χ3v) is 3.77. The van der Waals surface area contributed by atoms with Crippen LogP contribution in [-0.2, 0) is 11.3 Å². The molecule has 0 bridgehead atoms. The summed E-state index contributed by atoms with van der Waals surface area (Å²) in [7, 11) is 0. The molecule has 0 aliphatic carbocycles. The van der Waals surface area contributed by atoms with Crippen molar-refractivity contribution in [3.8, 4) is 11.3 Å². The molecule has 3 rings (SSSR count). The lowest BCUT2D eigenvalue weighted by Crippen LogP contribution is -2.49. The van der Waals surface area contributed by atoms with Crippen LogP contribution < -0.4 is 5.73 Å². The number of nitrogens with two attached hydrogens (primary N) is 1. The minimum Gasteiger partial charge on any atom is -0.374 e. The molecule has 5 heteroatoms. The van der Waals surface area contributed by atoms with E-state index in [-0.39, 0.29) is 12.1 Å². The molecule has 0 radical (unpaired) electrons. The van der Waals surface area contributed by atoms with E-state index in [9.17, 15) is 0 Å². The van der Waals surface area contributed by atoms with E-state index in [0.717, 1.165) is 43.3 Å². The van der Waals surface area contributed by atoms with Gasteiger partial charge >= 0.3 is 0 Å². The van der Waals surface area contributed by atoms with Gasteiger partial charge in [0.25, 0.3) is 0 Å². The molecule has 0 amide bonds. The molecule has 1 saturated heterocycles. The lowest BCUT2D eigenvalue weighted by atomic mass is 10.1. The van der Waals surface area contributed by atoms with E-state index in [0.29, 0.717) is 0 Å². The van der Waals surface area contributed by atoms with Crippen molar-refractivity contribution in [2.24, 2.45) is 5.73 Å². The molecule has 5 nitrogen and oxygen atoms in total. The lowest BCUT2D eigenvalue weighted by molar-refractivity contribution is -0.0408. The normalized spacial score (nSPS) is 21.3. The van der Waals surface area contributed by atoms with E-state index in [1.54, 1.807) is 0 Å². The van der Waals surface area contributed by atoms with Gasteiger partial charge < -0.3 is 15.0 Å². The Morgan fingerprint density at radius 3 is 2.95 bits per heavy atom. The molecule has 1 aliphatic rings. The van der Waals surface area contributed by atoms with E-state index >= 15 is 0 Å². The summed E-state index contributed by atoms with van der Waals surface area (Å²) in [5.74, 6) is 0.808. The molecular weight excluding hydrogens is 266 g/mol. The quantitative estimate of drug-likeness (QED) is 0.930. The van der Waals surface area contributed by atoms with Crippen LogP contribution >= 0.6 is 0 Å². The molecule has 1 aromatic carbocycles. The first-order valence-electron chi connectivity index (χ1n) is 7.33. The highest BCUT2D eigenvalue weighted by Gasteiger charge is 2.24. The predicted octanol–water partition coefficient (Wildman–Crippen LogP) is 1.89. The Morgan fingerprint density at radius 1 is 1.38 bits per heavy atom. The number of rotatable bonds is 4. The maximum atomic E-state index is 5.92. The van der Waals surface area contributed by atoms with Gasteiger partial charge in [-0.1, -0.05) is 35.5 Å². The Kier molecular flexibility index (Phi) is 4.34. The summed E-state index contributed by atoms with van der Waals surface area (Å²) in [4.78, 5) is 2.31. The van der Waals surface area contributed by atoms with Crippen molar-refractivity contribution in [2.75, 3.05) is 19.7 Å². The molecule has 21 heavy (non-hydrogen) atoms. The monoisotopic (exact) mass is 287 g/mol. The minimum absolute atomic E-state index is 0.0463. The van der Waals surface area contributed by atoms with Crippen molar-refractivity contribution in [1.82, 2.24) is 10.1 Å². The van der Waals surface area contributed by atoms with Crippen LogP contribution in [0, 0.1) is 0 Å². The fraction of sp³-hybridized carbons (Fsp3) is 0.438. The van der Waals surface area contributed by atoms with Gasteiger partial charge in [-0.25, -0.2) is 0 Å². The average molecular weight is 287 g/mol. The van der Waals surface area contributed by atoms with Crippen molar-refractivity contribution >= 4 is 0 Å². The molecule has 2 atom stereocenters. The Balaban J connectivity index is 1.65. The van der Waals surface area contributed by atoms with Crippen LogP contribution in [0.3, 0.4) is 0 Å². The van der Waals surface area contributed by atoms with Gasteiger partial charge in [-0.15, -0.1) is 0 Å². The fourth-order valence-electron chi connectivity index (χ4n) is 2.55. The Hall–Kier alpha value is -1.69. The topological polar surface area (TPSA) is 64.5 Å². The first-order chi connectivity index (χ1) is 10.2. The van der Waals surface area contributed by atoms with Gasteiger partial charge in [0, 0.05) is 37.3 Å². The van der Waals surface area contributed by atoms with Crippen LogP contribution in [0.2, 0.25) is 0 Å². The van der Waals surface area contributed by atoms with Crippen LogP contribution in [0.25, 0.3) is 11.3 Å². The molecular formula is C16H21N3O2. The number of benzene rings is 1. The Morgan fingerprint density at radius 2 is 2.19 bits per heavy atom. The molecule has 1 aliphatic heterocycles. The maximum absolute atomic E-state index is 5.92. The second kappa shape index (κ2) is 6.39. The molecule has 0 spiro atoms. The highest BCUT2D eigenvalue weighted by Crippen LogP contribution is 2.21. The average Bonchev–Trinajstić information content (AvgIpc) is 2.97. The summed E-state index contributed by atoms with van der Waals surface area (Å²) in [5.41, 5.74) is 7.91. The summed E-state index contributed by atoms with van der Waals surface area (Å²) in [6.07, 6.45) is 0.0965. The van der Waals surface area contributed by atoms with Gasteiger partial charge in [0.05, 0.1) is 18.4 Å². The van der Waals surface area contributed by atoms with Crippen LogP contribution in [-0.4, -0.2) is 41.9 Å². The molecule has 1 fully saturated rings. The van der Waals surface area contributed by atoms with Crippen LogP contribution in [0.15, 0.2) is 40.9 Å². The smallest absolute Gasteiger partial charge is 0.167 e. The lowest BCUT2D eigenvalue weighted by Gasteiger charge is -2.34. The summed E-state index contributed by atoms with van der Waals surface area (Å²) < 4.78 is 11.1. The third-order valence-electron chi connectivity index (χ3n) is 3.77. The van der Waals surface area contributed by atoms with Gasteiger partial charge in [0.2, 0.25) is 0 Å². The van der Waals surface area contributed by atoms with Crippen LogP contribution in [0.4, 0.5) is 0 Å². The van der Waals surface area contributed by atoms with Gasteiger partial charge in [-0.3, -0.25) is 4.90 Å². The summed E-state index contributed by atoms with van der Waals surface area (Å²) in [5, 5.41) is 4.17. The Bertz CT molecular complexity index is 568. The Labute approximate surface area is 124 Å². The van der Waals surface area contributed by atoms with E-state index in [2.05, 4.69) is 10.1 Å². The fourth-order valence-corrected chi connectivity index (χ4v) is 2.55. The standard InChI is InChI=1S/C16H21N3O2/c1-12(17)16-11-19(7-8-20-16)10-14-9-15(21-18-14)13-5-3-2-4-6-13/h2-6,9,12,16H,7-8,10-11,17H2,1H3. The van der Waals surface area contributed by atoms with E-state index < -0.39 is 0 Å². The number of hydrogen-bond donors (Lipinski definition) is 1. The number of morpholine rings is 1. The first-order valence-corrected chi connectivity index (χ1v) is 7.33. The minimum atomic E-state index is 0.0463. The first kappa shape index (κ1) is 14.3. The maximum Gasteiger partial charge on any atom is 0.167 e. The zero-order chi connectivity index (χ0) is 14.7. The summed E-state index contributed by atoms with van der Waals surface area (Å²) in [6.45, 7) is 5.21. The third kappa shape index (κ3) is 3.50. The van der Waals surface area contributed by atoms with E-state index in [1.165, 1.54) is 0 Å². The van der Waals surface area contributed by atoms with Crippen LogP contribution in [0.5, 0.6) is 0 Å². The van der Waals surface area contributed by atoms with Gasteiger partial charge in [0.15, 0.2) is 5.76 Å². The second-order valence-corrected chi connectivity index (χ2v) is 5.55. The van der Waals surface area contributed by atoms with Gasteiger partial charge in [0.1, 0.15) is 0 Å². The van der Waals surface area contributed by atoms with Gasteiger partial charge in [-0.2, -0.15) is 0 Å². The summed E-state index contributed by atoms with van der Waals surface area (Å²) in [6, 6.07) is 12.1. The zero-order valence-corrected chi connectivity index (χ0v) is 12.2. The van der Waals surface area contributed by atoms with E-state index in [4.69, 9.17) is 15.0 Å². The molecule has 2 N–H and O–H groups in total. The highest BCUT2D eigenvalue weighted by atomic mass is 16.5. The number of aromatic nitrogens is 1. The molecule has 2 aromatic rings. The molecule has 2 heterocycles. The van der Waals surface area contributed by atoms with Crippen molar-refractivity contribution < 1.29 is 9.26 Å². The molecule has 0 saturated carbocycles. The molecule has 1 aromatic heterocycles. The SMILES string of the molecule is CC(N)C1CN(Cc2cc(-c3ccccc3)on2)CCO1. The van der Waals surface area contributed by atoms with E-state index in [1.807, 2.05) is 43.3 Å². The highest BCUT2D eigenvalue weighted by molar-refractivity contribution is 5.56. The van der Waals surface area contributed by atoms with Crippen molar-refractivity contribution in [2.45, 2.75) is 25.6 Å². The van der Waals surface area contributed by atoms with Crippen molar-refractivity contribution in [3.05, 3.63) is 42.1 Å². The van der Waals surface area contributed by atoms with Gasteiger partial charge in [-0.05, 0) is 6.92 Å². The number of ether oxygens (including phenoxy) is 1. The summed E-state index contributed by atoms with van der Waals surface area (Å²) >= 11 is 0. The predicted molar refractivity (Wildman–Crippen MR) is 80.6 cm³/mol. The van der Waals surface area contributed by atoms with Crippen molar-refractivity contribution in [3.63, 3.8) is 0 Å². The second-order valence-electron chi connectivity index (χ2n) is 5.55. The zero-order valence-electron chi connectivity index (χ0n) is 12.2.